The summed E-state index contributed by atoms with van der Waals surface area (Å²) in [5.74, 6) is -1.21. The topological polar surface area (TPSA) is 89.9 Å². The lowest BCUT2D eigenvalue weighted by atomic mass is 9.95. The normalized spacial score (nSPS) is 11.8. The van der Waals surface area contributed by atoms with Crippen molar-refractivity contribution < 1.29 is 29.0 Å². The van der Waals surface area contributed by atoms with E-state index in [0.717, 1.165) is 70.6 Å². The van der Waals surface area contributed by atoms with Gasteiger partial charge in [-0.3, -0.25) is 14.4 Å². The maximum absolute atomic E-state index is 13.4. The molecule has 0 atom stereocenters. The fourth-order valence-corrected chi connectivity index (χ4v) is 7.91. The van der Waals surface area contributed by atoms with Crippen LogP contribution in [0.3, 0.4) is 0 Å². The Hall–Kier alpha value is -1.69. The van der Waals surface area contributed by atoms with Gasteiger partial charge in [-0.15, -0.1) is 0 Å². The number of hydrogen-bond acceptors (Lipinski definition) is 6. The van der Waals surface area contributed by atoms with Crippen LogP contribution in [0, 0.1) is 0 Å². The molecule has 0 aromatic carbocycles. The second kappa shape index (κ2) is 45.8. The van der Waals surface area contributed by atoms with Crippen LogP contribution in [0.5, 0.6) is 0 Å². The summed E-state index contributed by atoms with van der Waals surface area (Å²) >= 11 is 0. The lowest BCUT2D eigenvalue weighted by Crippen LogP contribution is -2.48. The van der Waals surface area contributed by atoms with Gasteiger partial charge in [-0.25, -0.2) is 0 Å². The predicted molar refractivity (Wildman–Crippen MR) is 252 cm³/mol. The first-order chi connectivity index (χ1) is 28.9. The number of ether oxygens (including phenoxy) is 2. The number of hydrogen-bond donors (Lipinski definition) is 1. The van der Waals surface area contributed by atoms with Crippen LogP contribution in [0.4, 0.5) is 0 Å². The minimum atomic E-state index is -2.00. The molecule has 0 amide bonds. The number of allylic oxidation sites excluding steroid dienone is 2. The SMILES string of the molecule is CCCCCCCC/C=C\CCCCCCCC(=O)C(O)(COC(=O)CCCCCCCCCCCCCCC)COC(=O)CCCCCCCCCCCCCCC. The Morgan fingerprint density at radius 2 is 0.593 bits per heavy atom. The van der Waals surface area contributed by atoms with Crippen LogP contribution in [0.25, 0.3) is 0 Å². The number of unbranched alkanes of at least 4 members (excludes halogenated alkanes) is 35. The summed E-state index contributed by atoms with van der Waals surface area (Å²) < 4.78 is 10.9. The molecule has 0 aliphatic heterocycles. The number of aliphatic hydroxyl groups is 1. The molecular weight excluding hydrogens is 733 g/mol. The van der Waals surface area contributed by atoms with E-state index >= 15 is 0 Å². The third kappa shape index (κ3) is 41.4. The van der Waals surface area contributed by atoms with Crippen LogP contribution in [0.2, 0.25) is 0 Å². The van der Waals surface area contributed by atoms with Crippen molar-refractivity contribution in [2.75, 3.05) is 13.2 Å². The van der Waals surface area contributed by atoms with E-state index < -0.39 is 36.5 Å². The van der Waals surface area contributed by atoms with E-state index in [2.05, 4.69) is 32.9 Å². The number of carbonyl (C=O) groups is 3. The van der Waals surface area contributed by atoms with Crippen molar-refractivity contribution in [2.45, 2.75) is 296 Å². The fraction of sp³-hybridized carbons (Fsp3) is 0.906. The van der Waals surface area contributed by atoms with Crippen molar-refractivity contribution in [3.05, 3.63) is 12.2 Å². The van der Waals surface area contributed by atoms with Crippen LogP contribution in [0.15, 0.2) is 12.2 Å². The summed E-state index contributed by atoms with van der Waals surface area (Å²) in [4.78, 5) is 38.7. The Balaban J connectivity index is 4.49. The standard InChI is InChI=1S/C53H100O6/c1-4-7-10-13-16-19-22-25-26-29-30-33-36-39-42-45-50(54)53(57,48-58-51(55)46-43-40-37-34-31-27-23-20-17-14-11-8-5-2)49-59-52(56)47-44-41-38-35-32-28-24-21-18-15-12-9-6-3/h25-26,57H,4-24,27-49H2,1-3H3/b26-25-. The van der Waals surface area contributed by atoms with Crippen LogP contribution < -0.4 is 0 Å². The third-order valence-corrected chi connectivity index (χ3v) is 12.1. The van der Waals surface area contributed by atoms with Crippen molar-refractivity contribution in [1.29, 1.82) is 0 Å². The highest BCUT2D eigenvalue weighted by molar-refractivity contribution is 5.88. The number of esters is 2. The lowest BCUT2D eigenvalue weighted by Gasteiger charge is -2.26. The minimum absolute atomic E-state index is 0.182. The first-order valence-corrected chi connectivity index (χ1v) is 26.1. The average Bonchev–Trinajstić information content (AvgIpc) is 3.24. The number of rotatable bonds is 48. The van der Waals surface area contributed by atoms with Gasteiger partial charge in [0, 0.05) is 19.3 Å². The summed E-state index contributed by atoms with van der Waals surface area (Å²) in [6, 6.07) is 0. The van der Waals surface area contributed by atoms with Gasteiger partial charge >= 0.3 is 11.9 Å². The van der Waals surface area contributed by atoms with E-state index in [4.69, 9.17) is 9.47 Å². The Morgan fingerprint density at radius 3 is 0.881 bits per heavy atom. The molecule has 0 bridgehead atoms. The summed E-state index contributed by atoms with van der Waals surface area (Å²) in [6.07, 6.45) is 52.6. The minimum Gasteiger partial charge on any atom is -0.462 e. The Kier molecular flexibility index (Phi) is 44.5. The van der Waals surface area contributed by atoms with Crippen LogP contribution in [0.1, 0.15) is 290 Å². The molecule has 0 aromatic heterocycles. The van der Waals surface area contributed by atoms with Gasteiger partial charge in [0.25, 0.3) is 0 Å². The largest absolute Gasteiger partial charge is 0.462 e. The lowest BCUT2D eigenvalue weighted by molar-refractivity contribution is -0.169. The molecule has 0 aliphatic carbocycles. The van der Waals surface area contributed by atoms with E-state index in [1.165, 1.54) is 173 Å². The second-order valence-electron chi connectivity index (χ2n) is 18.1. The van der Waals surface area contributed by atoms with Crippen molar-refractivity contribution in [1.82, 2.24) is 0 Å². The molecule has 0 aromatic rings. The van der Waals surface area contributed by atoms with E-state index in [1.54, 1.807) is 0 Å². The average molecular weight is 833 g/mol. The van der Waals surface area contributed by atoms with Gasteiger partial charge in [0.2, 0.25) is 0 Å². The molecule has 0 unspecified atom stereocenters. The molecule has 0 rings (SSSR count). The molecule has 0 radical (unpaired) electrons. The molecule has 0 saturated carbocycles. The Bertz CT molecular complexity index is 898. The zero-order chi connectivity index (χ0) is 43.2. The summed E-state index contributed by atoms with van der Waals surface area (Å²) in [6.45, 7) is 5.86. The first kappa shape index (κ1) is 57.3. The van der Waals surface area contributed by atoms with E-state index in [9.17, 15) is 19.5 Å². The van der Waals surface area contributed by atoms with Gasteiger partial charge in [-0.1, -0.05) is 238 Å². The fourth-order valence-electron chi connectivity index (χ4n) is 7.91. The molecule has 0 saturated heterocycles. The van der Waals surface area contributed by atoms with Gasteiger partial charge in [0.1, 0.15) is 13.2 Å². The second-order valence-corrected chi connectivity index (χ2v) is 18.1. The predicted octanol–water partition coefficient (Wildman–Crippen LogP) is 16.4. The maximum atomic E-state index is 13.4. The van der Waals surface area contributed by atoms with Crippen molar-refractivity contribution >= 4 is 17.7 Å². The Labute approximate surface area is 367 Å². The van der Waals surface area contributed by atoms with Crippen LogP contribution in [-0.2, 0) is 23.9 Å². The number of ketones is 1. The van der Waals surface area contributed by atoms with Gasteiger partial charge in [-0.05, 0) is 44.9 Å². The quantitative estimate of drug-likeness (QED) is 0.0373. The molecule has 59 heavy (non-hydrogen) atoms. The summed E-state index contributed by atoms with van der Waals surface area (Å²) in [5.41, 5.74) is -2.00. The van der Waals surface area contributed by atoms with Crippen molar-refractivity contribution in [3.8, 4) is 0 Å². The van der Waals surface area contributed by atoms with Crippen molar-refractivity contribution in [2.24, 2.45) is 0 Å². The monoisotopic (exact) mass is 833 g/mol. The molecule has 6 nitrogen and oxygen atoms in total. The zero-order valence-corrected chi connectivity index (χ0v) is 39.8. The molecule has 348 valence electrons. The van der Waals surface area contributed by atoms with Gasteiger partial charge in [0.15, 0.2) is 11.4 Å². The zero-order valence-electron chi connectivity index (χ0n) is 39.8. The van der Waals surface area contributed by atoms with E-state index in [-0.39, 0.29) is 19.3 Å². The number of Topliss-reactive ketones (excluding diaryl/α,β-unsaturated/α-hetero) is 1. The van der Waals surface area contributed by atoms with E-state index in [0.29, 0.717) is 6.42 Å². The van der Waals surface area contributed by atoms with Crippen molar-refractivity contribution in [3.63, 3.8) is 0 Å². The summed E-state index contributed by atoms with van der Waals surface area (Å²) in [7, 11) is 0. The molecule has 1 N–H and O–H groups in total. The number of carbonyl (C=O) groups excluding carboxylic acids is 3. The first-order valence-electron chi connectivity index (χ1n) is 26.1. The maximum Gasteiger partial charge on any atom is 0.305 e. The molecule has 0 aliphatic rings. The highest BCUT2D eigenvalue weighted by atomic mass is 16.6. The molecule has 0 heterocycles. The van der Waals surface area contributed by atoms with Crippen LogP contribution in [-0.4, -0.2) is 41.6 Å². The molecule has 6 heteroatoms. The molecule has 0 spiro atoms. The smallest absolute Gasteiger partial charge is 0.305 e. The third-order valence-electron chi connectivity index (χ3n) is 12.1. The van der Waals surface area contributed by atoms with Gasteiger partial charge < -0.3 is 14.6 Å². The van der Waals surface area contributed by atoms with Gasteiger partial charge in [-0.2, -0.15) is 0 Å². The summed E-state index contributed by atoms with van der Waals surface area (Å²) in [5, 5.41) is 11.4. The Morgan fingerprint density at radius 1 is 0.356 bits per heavy atom. The molecular formula is C53H100O6. The van der Waals surface area contributed by atoms with E-state index in [1.807, 2.05) is 0 Å². The van der Waals surface area contributed by atoms with Gasteiger partial charge in [0.05, 0.1) is 0 Å². The molecule has 0 fully saturated rings. The highest BCUT2D eigenvalue weighted by Crippen LogP contribution is 2.19. The highest BCUT2D eigenvalue weighted by Gasteiger charge is 2.38. The van der Waals surface area contributed by atoms with Crippen LogP contribution >= 0.6 is 0 Å².